The number of Topliss-reactive ketones (excluding diaryl/α,β-unsaturated/α-hetero) is 1. The second kappa shape index (κ2) is 3.99. The van der Waals surface area contributed by atoms with Gasteiger partial charge in [-0.15, -0.1) is 0 Å². The summed E-state index contributed by atoms with van der Waals surface area (Å²) in [5.41, 5.74) is 0. The number of hydrogen-bond acceptors (Lipinski definition) is 5. The highest BCUT2D eigenvalue weighted by Gasteiger charge is 2.07. The molecule has 0 aromatic carbocycles. The van der Waals surface area contributed by atoms with E-state index in [1.807, 2.05) is 0 Å². The van der Waals surface area contributed by atoms with Gasteiger partial charge < -0.3 is 9.94 Å². The van der Waals surface area contributed by atoms with Gasteiger partial charge in [-0.05, 0) is 0 Å². The molecule has 5 heteroatoms. The molecule has 0 aliphatic rings. The van der Waals surface area contributed by atoms with Gasteiger partial charge in [0.05, 0.1) is 0 Å². The average molecular weight is 133 g/mol. The summed E-state index contributed by atoms with van der Waals surface area (Å²) in [5.74, 6) is 2.95. The Balaban J connectivity index is 3.47. The largest absolute Gasteiger partial charge is 0.389 e. The molecule has 0 aromatic rings. The number of aliphatic hydroxyl groups excluding tert-OH is 1. The zero-order valence-corrected chi connectivity index (χ0v) is 4.66. The fraction of sp³-hybridized carbons (Fsp3) is 0.500. The molecule has 0 aliphatic heterocycles. The van der Waals surface area contributed by atoms with Gasteiger partial charge in [0.25, 0.3) is 0 Å². The van der Waals surface area contributed by atoms with Crippen LogP contribution in [0.1, 0.15) is 6.42 Å². The van der Waals surface area contributed by atoms with Crippen molar-refractivity contribution in [3.8, 4) is 0 Å². The summed E-state index contributed by atoms with van der Waals surface area (Å²) in [6, 6.07) is 0. The van der Waals surface area contributed by atoms with E-state index in [0.29, 0.717) is 0 Å². The monoisotopic (exact) mass is 133 g/mol. The molecule has 0 aromatic heterocycles. The van der Waals surface area contributed by atoms with E-state index in [1.165, 1.54) is 0 Å². The number of nitrogens with two attached hydrogens (primary N) is 1. The molecular weight excluding hydrogens is 126 g/mol. The number of hydrogen-bond donors (Lipinski definition) is 2. The third-order valence-corrected chi connectivity index (χ3v) is 0.649. The maximum absolute atomic E-state index is 10.2. The van der Waals surface area contributed by atoms with E-state index in [9.17, 15) is 9.59 Å². The van der Waals surface area contributed by atoms with Crippen molar-refractivity contribution in [1.29, 1.82) is 0 Å². The predicted molar refractivity (Wildman–Crippen MR) is 27.0 cm³/mol. The second-order valence-corrected chi connectivity index (χ2v) is 1.36. The first-order chi connectivity index (χ1) is 4.20. The summed E-state index contributed by atoms with van der Waals surface area (Å²) in [4.78, 5) is 23.9. The minimum atomic E-state index is -0.839. The van der Waals surface area contributed by atoms with Crippen molar-refractivity contribution in [2.75, 3.05) is 6.61 Å². The molecule has 0 unspecified atom stereocenters. The molecule has 0 fully saturated rings. The SMILES string of the molecule is NOC(=O)CC(=O)CO. The Labute approximate surface area is 51.4 Å². The Morgan fingerprint density at radius 3 is 2.44 bits per heavy atom. The van der Waals surface area contributed by atoms with Crippen LogP contribution in [0.3, 0.4) is 0 Å². The van der Waals surface area contributed by atoms with E-state index in [-0.39, 0.29) is 0 Å². The first-order valence-electron chi connectivity index (χ1n) is 2.22. The lowest BCUT2D eigenvalue weighted by Gasteiger charge is -1.92. The van der Waals surface area contributed by atoms with Crippen LogP contribution in [0.15, 0.2) is 0 Å². The van der Waals surface area contributed by atoms with Gasteiger partial charge in [0.1, 0.15) is 13.0 Å². The molecular formula is C4H7NO4. The van der Waals surface area contributed by atoms with Crippen molar-refractivity contribution in [3.63, 3.8) is 0 Å². The van der Waals surface area contributed by atoms with Gasteiger partial charge in [0.2, 0.25) is 0 Å². The number of rotatable bonds is 3. The lowest BCUT2D eigenvalue weighted by atomic mass is 10.3. The van der Waals surface area contributed by atoms with Crippen molar-refractivity contribution >= 4 is 11.8 Å². The lowest BCUT2D eigenvalue weighted by Crippen LogP contribution is -2.16. The molecule has 0 saturated heterocycles. The van der Waals surface area contributed by atoms with E-state index in [0.717, 1.165) is 0 Å². The first-order valence-corrected chi connectivity index (χ1v) is 2.22. The molecule has 0 atom stereocenters. The van der Waals surface area contributed by atoms with E-state index in [4.69, 9.17) is 5.11 Å². The van der Waals surface area contributed by atoms with Gasteiger partial charge in [0.15, 0.2) is 5.78 Å². The van der Waals surface area contributed by atoms with Crippen LogP contribution < -0.4 is 5.90 Å². The van der Waals surface area contributed by atoms with Crippen LogP contribution in [-0.2, 0) is 14.4 Å². The van der Waals surface area contributed by atoms with E-state index in [1.54, 1.807) is 0 Å². The number of carbonyl (C=O) groups is 2. The Morgan fingerprint density at radius 1 is 1.56 bits per heavy atom. The molecule has 0 spiro atoms. The highest BCUT2D eigenvalue weighted by molar-refractivity contribution is 5.95. The van der Waals surface area contributed by atoms with E-state index < -0.39 is 24.8 Å². The first kappa shape index (κ1) is 8.06. The predicted octanol–water partition coefficient (Wildman–Crippen LogP) is -1.65. The molecule has 5 nitrogen and oxygen atoms in total. The normalized spacial score (nSPS) is 8.67. The van der Waals surface area contributed by atoms with E-state index in [2.05, 4.69) is 10.7 Å². The zero-order valence-electron chi connectivity index (χ0n) is 4.66. The van der Waals surface area contributed by atoms with Crippen molar-refractivity contribution < 1.29 is 19.5 Å². The Morgan fingerprint density at radius 2 is 2.11 bits per heavy atom. The van der Waals surface area contributed by atoms with Gasteiger partial charge in [0, 0.05) is 0 Å². The second-order valence-electron chi connectivity index (χ2n) is 1.36. The average Bonchev–Trinajstić information content (AvgIpc) is 1.87. The minimum absolute atomic E-state index is 0.465. The van der Waals surface area contributed by atoms with Gasteiger partial charge in [-0.3, -0.25) is 4.79 Å². The van der Waals surface area contributed by atoms with Gasteiger partial charge >= 0.3 is 5.97 Å². The summed E-state index contributed by atoms with van der Waals surface area (Å²) in [5, 5.41) is 8.08. The fourth-order valence-corrected chi connectivity index (χ4v) is 0.259. The quantitative estimate of drug-likeness (QED) is 0.356. The maximum Gasteiger partial charge on any atom is 0.331 e. The van der Waals surface area contributed by atoms with Crippen LogP contribution in [0.25, 0.3) is 0 Å². The molecule has 52 valence electrons. The molecule has 0 saturated carbocycles. The van der Waals surface area contributed by atoms with Crippen LogP contribution >= 0.6 is 0 Å². The van der Waals surface area contributed by atoms with Crippen LogP contribution in [-0.4, -0.2) is 23.5 Å². The Bertz CT molecular complexity index is 108. The van der Waals surface area contributed by atoms with Crippen LogP contribution in [0.2, 0.25) is 0 Å². The Kier molecular flexibility index (Phi) is 3.57. The highest BCUT2D eigenvalue weighted by Crippen LogP contribution is 1.82. The molecule has 3 N–H and O–H groups in total. The third kappa shape index (κ3) is 3.63. The standard InChI is InChI=1S/C4H7NO4/c5-9-4(8)1-3(7)2-6/h6H,1-2,5H2. The van der Waals surface area contributed by atoms with Crippen LogP contribution in [0, 0.1) is 0 Å². The molecule has 0 amide bonds. The number of aliphatic hydroxyl groups is 1. The summed E-state index contributed by atoms with van der Waals surface area (Å²) in [6.07, 6.45) is -0.465. The third-order valence-electron chi connectivity index (χ3n) is 0.649. The highest BCUT2D eigenvalue weighted by atomic mass is 16.7. The van der Waals surface area contributed by atoms with E-state index >= 15 is 0 Å². The molecule has 0 rings (SSSR count). The topological polar surface area (TPSA) is 89.6 Å². The summed E-state index contributed by atoms with van der Waals surface area (Å²) in [7, 11) is 0. The fourth-order valence-electron chi connectivity index (χ4n) is 0.259. The van der Waals surface area contributed by atoms with Crippen molar-refractivity contribution in [3.05, 3.63) is 0 Å². The Hall–Kier alpha value is -0.940. The van der Waals surface area contributed by atoms with Crippen LogP contribution in [0.5, 0.6) is 0 Å². The molecule has 9 heavy (non-hydrogen) atoms. The molecule has 0 aliphatic carbocycles. The number of ketones is 1. The van der Waals surface area contributed by atoms with Gasteiger partial charge in [-0.2, -0.15) is 5.90 Å². The minimum Gasteiger partial charge on any atom is -0.389 e. The van der Waals surface area contributed by atoms with Crippen molar-refractivity contribution in [2.45, 2.75) is 6.42 Å². The van der Waals surface area contributed by atoms with Crippen molar-refractivity contribution in [1.82, 2.24) is 0 Å². The zero-order chi connectivity index (χ0) is 7.28. The van der Waals surface area contributed by atoms with Crippen LogP contribution in [0.4, 0.5) is 0 Å². The smallest absolute Gasteiger partial charge is 0.331 e. The van der Waals surface area contributed by atoms with Gasteiger partial charge in [-0.25, -0.2) is 4.79 Å². The maximum atomic E-state index is 10.2. The lowest BCUT2D eigenvalue weighted by molar-refractivity contribution is -0.147. The van der Waals surface area contributed by atoms with Gasteiger partial charge in [-0.1, -0.05) is 0 Å². The summed E-state index contributed by atoms with van der Waals surface area (Å²) < 4.78 is 0. The number of carbonyl (C=O) groups excluding carboxylic acids is 2. The van der Waals surface area contributed by atoms with Crippen molar-refractivity contribution in [2.24, 2.45) is 5.90 Å². The molecule has 0 radical (unpaired) electrons. The molecule has 0 bridgehead atoms. The molecule has 0 heterocycles. The summed E-state index contributed by atoms with van der Waals surface area (Å²) in [6.45, 7) is -0.658. The summed E-state index contributed by atoms with van der Waals surface area (Å²) >= 11 is 0.